The number of nitrogens with one attached hydrogen (secondary N) is 2. The maximum absolute atomic E-state index is 13.6. The molecule has 0 radical (unpaired) electrons. The SMILES string of the molecule is CCCCNC(=O)[C@@H]1CN(C(=S)NCC)C[C@@H]1c1cccc(F)c1. The molecule has 1 heterocycles. The minimum Gasteiger partial charge on any atom is -0.363 e. The van der Waals surface area contributed by atoms with Crippen molar-refractivity contribution in [2.24, 2.45) is 5.92 Å². The van der Waals surface area contributed by atoms with Crippen LogP contribution < -0.4 is 10.6 Å². The molecule has 4 nitrogen and oxygen atoms in total. The van der Waals surface area contributed by atoms with Gasteiger partial charge in [-0.15, -0.1) is 0 Å². The number of carbonyl (C=O) groups is 1. The Morgan fingerprint density at radius 1 is 1.33 bits per heavy atom. The Labute approximate surface area is 148 Å². The first-order chi connectivity index (χ1) is 11.6. The Morgan fingerprint density at radius 2 is 2.12 bits per heavy atom. The largest absolute Gasteiger partial charge is 0.363 e. The second kappa shape index (κ2) is 8.97. The Bertz CT molecular complexity index is 581. The number of amides is 1. The molecular weight excluding hydrogens is 325 g/mol. The average Bonchev–Trinajstić information content (AvgIpc) is 3.01. The number of hydrogen-bond donors (Lipinski definition) is 2. The van der Waals surface area contributed by atoms with Crippen molar-refractivity contribution < 1.29 is 9.18 Å². The van der Waals surface area contributed by atoms with Gasteiger partial charge in [0.2, 0.25) is 5.91 Å². The highest BCUT2D eigenvalue weighted by Crippen LogP contribution is 2.33. The fraction of sp³-hybridized carbons (Fsp3) is 0.556. The van der Waals surface area contributed by atoms with E-state index in [-0.39, 0.29) is 23.6 Å². The zero-order chi connectivity index (χ0) is 17.5. The maximum atomic E-state index is 13.6. The molecule has 1 aromatic carbocycles. The topological polar surface area (TPSA) is 44.4 Å². The maximum Gasteiger partial charge on any atom is 0.225 e. The molecule has 1 saturated heterocycles. The molecule has 2 N–H and O–H groups in total. The molecule has 24 heavy (non-hydrogen) atoms. The lowest BCUT2D eigenvalue weighted by atomic mass is 9.88. The van der Waals surface area contributed by atoms with Crippen molar-refractivity contribution in [2.75, 3.05) is 26.2 Å². The van der Waals surface area contributed by atoms with Crippen LogP contribution >= 0.6 is 12.2 Å². The van der Waals surface area contributed by atoms with Gasteiger partial charge in [0, 0.05) is 32.1 Å². The van der Waals surface area contributed by atoms with Crippen LogP contribution in [0.25, 0.3) is 0 Å². The van der Waals surface area contributed by atoms with E-state index in [1.54, 1.807) is 6.07 Å². The number of likely N-dealkylation sites (tertiary alicyclic amines) is 1. The predicted octanol–water partition coefficient (Wildman–Crippen LogP) is 2.65. The molecule has 6 heteroatoms. The van der Waals surface area contributed by atoms with Crippen LogP contribution in [0.4, 0.5) is 4.39 Å². The summed E-state index contributed by atoms with van der Waals surface area (Å²) in [5.41, 5.74) is 0.854. The Hall–Kier alpha value is -1.69. The van der Waals surface area contributed by atoms with Gasteiger partial charge in [-0.2, -0.15) is 0 Å². The van der Waals surface area contributed by atoms with Gasteiger partial charge in [-0.3, -0.25) is 4.79 Å². The Balaban J connectivity index is 2.16. The van der Waals surface area contributed by atoms with Gasteiger partial charge < -0.3 is 15.5 Å². The van der Waals surface area contributed by atoms with E-state index >= 15 is 0 Å². The van der Waals surface area contributed by atoms with E-state index in [1.807, 2.05) is 17.9 Å². The molecule has 0 aromatic heterocycles. The second-order valence-corrected chi connectivity index (χ2v) is 6.54. The number of thiocarbonyl (C=S) groups is 1. The number of carbonyl (C=O) groups excluding carboxylic acids is 1. The third-order valence-corrected chi connectivity index (χ3v) is 4.78. The van der Waals surface area contributed by atoms with E-state index in [0.717, 1.165) is 24.9 Å². The summed E-state index contributed by atoms with van der Waals surface area (Å²) in [7, 11) is 0. The summed E-state index contributed by atoms with van der Waals surface area (Å²) in [6.07, 6.45) is 2.00. The molecule has 0 aliphatic carbocycles. The van der Waals surface area contributed by atoms with Crippen LogP contribution in [-0.2, 0) is 4.79 Å². The first-order valence-electron chi connectivity index (χ1n) is 8.62. The van der Waals surface area contributed by atoms with E-state index in [0.29, 0.717) is 24.7 Å². The smallest absolute Gasteiger partial charge is 0.225 e. The van der Waals surface area contributed by atoms with Crippen molar-refractivity contribution >= 4 is 23.2 Å². The summed E-state index contributed by atoms with van der Waals surface area (Å²) >= 11 is 5.40. The molecule has 132 valence electrons. The summed E-state index contributed by atoms with van der Waals surface area (Å²) in [4.78, 5) is 14.6. The van der Waals surface area contributed by atoms with Gasteiger partial charge in [-0.1, -0.05) is 25.5 Å². The molecule has 0 bridgehead atoms. The molecule has 2 rings (SSSR count). The average molecular weight is 351 g/mol. The molecule has 1 aliphatic rings. The Morgan fingerprint density at radius 3 is 2.79 bits per heavy atom. The lowest BCUT2D eigenvalue weighted by Crippen LogP contribution is -2.39. The fourth-order valence-corrected chi connectivity index (χ4v) is 3.39. The monoisotopic (exact) mass is 351 g/mol. The van der Waals surface area contributed by atoms with Gasteiger partial charge in [0.15, 0.2) is 5.11 Å². The second-order valence-electron chi connectivity index (χ2n) is 6.15. The van der Waals surface area contributed by atoms with Crippen LogP contribution in [0.5, 0.6) is 0 Å². The standard InChI is InChI=1S/C18H26FN3OS/c1-3-5-9-21-17(23)16-12-22(18(24)20-4-2)11-15(16)13-7-6-8-14(19)10-13/h6-8,10,15-16H,3-5,9,11-12H2,1-2H3,(H,20,24)(H,21,23)/t15-,16-/m1/s1. The number of benzene rings is 1. The zero-order valence-electron chi connectivity index (χ0n) is 14.3. The minimum absolute atomic E-state index is 0.0273. The van der Waals surface area contributed by atoms with Crippen LogP contribution in [0.3, 0.4) is 0 Å². The van der Waals surface area contributed by atoms with Gasteiger partial charge >= 0.3 is 0 Å². The molecule has 0 saturated carbocycles. The molecule has 1 fully saturated rings. The molecular formula is C18H26FN3OS. The molecule has 1 amide bonds. The number of unbranched alkanes of at least 4 members (excludes halogenated alkanes) is 1. The lowest BCUT2D eigenvalue weighted by Gasteiger charge is -2.19. The third kappa shape index (κ3) is 4.66. The van der Waals surface area contributed by atoms with Crippen LogP contribution in [0.1, 0.15) is 38.2 Å². The van der Waals surface area contributed by atoms with Gasteiger partial charge in [0.25, 0.3) is 0 Å². The van der Waals surface area contributed by atoms with E-state index in [1.165, 1.54) is 12.1 Å². The van der Waals surface area contributed by atoms with Gasteiger partial charge in [0.1, 0.15) is 5.82 Å². The van der Waals surface area contributed by atoms with Crippen LogP contribution in [-0.4, -0.2) is 42.1 Å². The molecule has 2 atom stereocenters. The van der Waals surface area contributed by atoms with Crippen molar-refractivity contribution in [3.8, 4) is 0 Å². The summed E-state index contributed by atoms with van der Waals surface area (Å²) in [6, 6.07) is 6.54. The van der Waals surface area contributed by atoms with Crippen molar-refractivity contribution in [3.63, 3.8) is 0 Å². The first-order valence-corrected chi connectivity index (χ1v) is 9.03. The number of halogens is 1. The van der Waals surface area contributed by atoms with Crippen molar-refractivity contribution in [1.29, 1.82) is 0 Å². The lowest BCUT2D eigenvalue weighted by molar-refractivity contribution is -0.124. The molecule has 1 aliphatic heterocycles. The summed E-state index contributed by atoms with van der Waals surface area (Å²) in [5, 5.41) is 6.80. The minimum atomic E-state index is -0.273. The third-order valence-electron chi connectivity index (χ3n) is 4.38. The highest BCUT2D eigenvalue weighted by atomic mass is 32.1. The van der Waals surface area contributed by atoms with E-state index in [4.69, 9.17) is 12.2 Å². The van der Waals surface area contributed by atoms with E-state index in [9.17, 15) is 9.18 Å². The van der Waals surface area contributed by atoms with E-state index in [2.05, 4.69) is 17.6 Å². The van der Waals surface area contributed by atoms with Crippen LogP contribution in [0.15, 0.2) is 24.3 Å². The zero-order valence-corrected chi connectivity index (χ0v) is 15.2. The van der Waals surface area contributed by atoms with Crippen LogP contribution in [0, 0.1) is 11.7 Å². The quantitative estimate of drug-likeness (QED) is 0.611. The predicted molar refractivity (Wildman–Crippen MR) is 98.4 cm³/mol. The normalized spacial score (nSPS) is 20.0. The van der Waals surface area contributed by atoms with Crippen molar-refractivity contribution in [1.82, 2.24) is 15.5 Å². The summed E-state index contributed by atoms with van der Waals surface area (Å²) in [6.45, 7) is 6.69. The molecule has 1 aromatic rings. The molecule has 0 unspecified atom stereocenters. The van der Waals surface area contributed by atoms with E-state index < -0.39 is 0 Å². The summed E-state index contributed by atoms with van der Waals surface area (Å²) in [5.74, 6) is -0.524. The number of hydrogen-bond acceptors (Lipinski definition) is 2. The Kier molecular flexibility index (Phi) is 6.97. The molecule has 0 spiro atoms. The summed E-state index contributed by atoms with van der Waals surface area (Å²) < 4.78 is 13.6. The highest BCUT2D eigenvalue weighted by molar-refractivity contribution is 7.80. The van der Waals surface area contributed by atoms with Crippen LogP contribution in [0.2, 0.25) is 0 Å². The number of nitrogens with zero attached hydrogens (tertiary/aromatic N) is 1. The fourth-order valence-electron chi connectivity index (χ4n) is 3.09. The van der Waals surface area contributed by atoms with Gasteiger partial charge in [0.05, 0.1) is 5.92 Å². The van der Waals surface area contributed by atoms with Gasteiger partial charge in [-0.25, -0.2) is 4.39 Å². The van der Waals surface area contributed by atoms with Crippen molar-refractivity contribution in [3.05, 3.63) is 35.6 Å². The van der Waals surface area contributed by atoms with Gasteiger partial charge in [-0.05, 0) is 43.3 Å². The highest BCUT2D eigenvalue weighted by Gasteiger charge is 2.39. The first kappa shape index (κ1) is 18.6. The number of rotatable bonds is 6. The van der Waals surface area contributed by atoms with Crippen molar-refractivity contribution in [2.45, 2.75) is 32.6 Å².